The molecule has 4 rings (SSSR count). The lowest BCUT2D eigenvalue weighted by molar-refractivity contribution is -0.136. The molecule has 174 valence electrons. The second kappa shape index (κ2) is 10.9. The lowest BCUT2D eigenvalue weighted by Crippen LogP contribution is -2.48. The van der Waals surface area contributed by atoms with Crippen LogP contribution in [-0.2, 0) is 4.79 Å². The van der Waals surface area contributed by atoms with Crippen LogP contribution < -0.4 is 0 Å². The van der Waals surface area contributed by atoms with E-state index in [2.05, 4.69) is 16.9 Å². The number of hydrogen-bond acceptors (Lipinski definition) is 4. The second-order valence-corrected chi connectivity index (χ2v) is 9.02. The molecule has 1 aliphatic heterocycles. The maximum atomic E-state index is 14.2. The van der Waals surface area contributed by atoms with Crippen molar-refractivity contribution >= 4 is 34.7 Å². The summed E-state index contributed by atoms with van der Waals surface area (Å²) >= 11 is 6.16. The van der Waals surface area contributed by atoms with E-state index >= 15 is 0 Å². The van der Waals surface area contributed by atoms with Crippen LogP contribution in [0.5, 0.6) is 0 Å². The SMILES string of the molecule is CC(C)C(=O)N1CCN(C)CC1.Cc1cc(-c2ccc3nccc(Cl)c3c2)c(F)cc1C=O. The molecule has 1 saturated heterocycles. The van der Waals surface area contributed by atoms with E-state index in [1.165, 1.54) is 6.07 Å². The van der Waals surface area contributed by atoms with Crippen LogP contribution in [0.15, 0.2) is 42.6 Å². The van der Waals surface area contributed by atoms with Crippen molar-refractivity contribution in [2.24, 2.45) is 5.92 Å². The summed E-state index contributed by atoms with van der Waals surface area (Å²) in [5.41, 5.74) is 3.00. The smallest absolute Gasteiger partial charge is 0.225 e. The molecule has 0 bridgehead atoms. The third-order valence-electron chi connectivity index (χ3n) is 5.79. The Morgan fingerprint density at radius 1 is 1.12 bits per heavy atom. The number of piperazine rings is 1. The van der Waals surface area contributed by atoms with Crippen molar-refractivity contribution < 1.29 is 14.0 Å². The van der Waals surface area contributed by atoms with E-state index in [1.54, 1.807) is 37.4 Å². The Morgan fingerprint density at radius 2 is 1.82 bits per heavy atom. The molecule has 0 unspecified atom stereocenters. The van der Waals surface area contributed by atoms with E-state index in [4.69, 9.17) is 11.6 Å². The zero-order valence-corrected chi connectivity index (χ0v) is 20.2. The molecule has 3 aromatic rings. The molecule has 1 aromatic heterocycles. The molecule has 33 heavy (non-hydrogen) atoms. The number of hydrogen-bond donors (Lipinski definition) is 0. The number of fused-ring (bicyclic) bond motifs is 1. The normalized spacial score (nSPS) is 14.2. The van der Waals surface area contributed by atoms with E-state index in [0.29, 0.717) is 33.9 Å². The van der Waals surface area contributed by atoms with Crippen molar-refractivity contribution in [3.63, 3.8) is 0 Å². The van der Waals surface area contributed by atoms with Gasteiger partial charge in [-0.25, -0.2) is 4.39 Å². The standard InChI is InChI=1S/C17H11ClFNO.C9H18N2O/c1-10-6-13(16(19)8-12(10)9-21)11-2-3-17-14(7-11)15(18)4-5-20-17;1-8(2)9(12)11-6-4-10(3)5-7-11/h2-9H,1H3;8H,4-7H2,1-3H3. The Balaban J connectivity index is 0.000000218. The average Bonchev–Trinajstić information content (AvgIpc) is 2.81. The highest BCUT2D eigenvalue weighted by molar-refractivity contribution is 6.35. The van der Waals surface area contributed by atoms with Gasteiger partial charge >= 0.3 is 0 Å². The third kappa shape index (κ3) is 5.95. The fraction of sp³-hybridized carbons (Fsp3) is 0.346. The molecule has 0 saturated carbocycles. The summed E-state index contributed by atoms with van der Waals surface area (Å²) in [6.07, 6.45) is 2.29. The molecule has 0 N–H and O–H groups in total. The summed E-state index contributed by atoms with van der Waals surface area (Å²) in [6, 6.07) is 10.0. The molecular weight excluding hydrogens is 441 g/mol. The van der Waals surface area contributed by atoms with Crippen LogP contribution in [0, 0.1) is 18.7 Å². The van der Waals surface area contributed by atoms with Crippen LogP contribution in [0.2, 0.25) is 5.02 Å². The summed E-state index contributed by atoms with van der Waals surface area (Å²) in [5.74, 6) is 0.0126. The molecule has 7 heteroatoms. The van der Waals surface area contributed by atoms with Gasteiger partial charge in [0.2, 0.25) is 5.91 Å². The molecule has 2 aromatic carbocycles. The van der Waals surface area contributed by atoms with E-state index < -0.39 is 5.82 Å². The van der Waals surface area contributed by atoms with E-state index in [1.807, 2.05) is 24.8 Å². The number of nitrogens with zero attached hydrogens (tertiary/aromatic N) is 3. The largest absolute Gasteiger partial charge is 0.340 e. The number of carbonyl (C=O) groups is 2. The fourth-order valence-corrected chi connectivity index (χ4v) is 3.93. The Kier molecular flexibility index (Phi) is 8.16. The van der Waals surface area contributed by atoms with Gasteiger partial charge in [0.1, 0.15) is 12.1 Å². The van der Waals surface area contributed by atoms with Crippen molar-refractivity contribution in [1.29, 1.82) is 0 Å². The van der Waals surface area contributed by atoms with Crippen molar-refractivity contribution in [3.8, 4) is 11.1 Å². The van der Waals surface area contributed by atoms with Crippen molar-refractivity contribution in [2.45, 2.75) is 20.8 Å². The highest BCUT2D eigenvalue weighted by Gasteiger charge is 2.20. The quantitative estimate of drug-likeness (QED) is 0.493. The number of carbonyl (C=O) groups excluding carboxylic acids is 2. The van der Waals surface area contributed by atoms with Gasteiger partial charge in [-0.15, -0.1) is 0 Å². The van der Waals surface area contributed by atoms with E-state index in [-0.39, 0.29) is 5.92 Å². The minimum Gasteiger partial charge on any atom is -0.340 e. The number of pyridine rings is 1. The van der Waals surface area contributed by atoms with Gasteiger partial charge in [0, 0.05) is 54.8 Å². The number of amides is 1. The second-order valence-electron chi connectivity index (χ2n) is 8.61. The first kappa shape index (κ1) is 24.8. The number of halogens is 2. The molecule has 2 heterocycles. The highest BCUT2D eigenvalue weighted by Crippen LogP contribution is 2.30. The van der Waals surface area contributed by atoms with Crippen LogP contribution in [-0.4, -0.2) is 60.2 Å². The zero-order valence-electron chi connectivity index (χ0n) is 19.4. The Labute approximate surface area is 199 Å². The monoisotopic (exact) mass is 469 g/mol. The lowest BCUT2D eigenvalue weighted by Gasteiger charge is -2.33. The number of likely N-dealkylation sites (N-methyl/N-ethyl adjacent to an activating group) is 1. The van der Waals surface area contributed by atoms with Crippen LogP contribution in [0.1, 0.15) is 29.8 Å². The van der Waals surface area contributed by atoms with Crippen LogP contribution in [0.3, 0.4) is 0 Å². The summed E-state index contributed by atoms with van der Waals surface area (Å²) in [6.45, 7) is 9.52. The van der Waals surface area contributed by atoms with Crippen molar-refractivity contribution in [3.05, 3.63) is 64.6 Å². The molecule has 0 radical (unpaired) electrons. The lowest BCUT2D eigenvalue weighted by atomic mass is 9.98. The molecule has 0 aliphatic carbocycles. The summed E-state index contributed by atoms with van der Waals surface area (Å²) < 4.78 is 14.2. The maximum Gasteiger partial charge on any atom is 0.225 e. The molecule has 0 atom stereocenters. The topological polar surface area (TPSA) is 53.5 Å². The van der Waals surface area contributed by atoms with Gasteiger partial charge in [0.25, 0.3) is 0 Å². The third-order valence-corrected chi connectivity index (χ3v) is 6.12. The summed E-state index contributed by atoms with van der Waals surface area (Å²) in [5, 5.41) is 1.34. The summed E-state index contributed by atoms with van der Waals surface area (Å²) in [7, 11) is 2.09. The van der Waals surface area contributed by atoms with Crippen LogP contribution in [0.25, 0.3) is 22.0 Å². The molecular formula is C26H29ClFN3O2. The van der Waals surface area contributed by atoms with Gasteiger partial charge in [-0.2, -0.15) is 0 Å². The predicted octanol–water partition coefficient (Wildman–Crippen LogP) is 5.23. The Morgan fingerprint density at radius 3 is 2.45 bits per heavy atom. The number of benzene rings is 2. The van der Waals surface area contributed by atoms with Gasteiger partial charge in [0.05, 0.1) is 10.5 Å². The molecule has 1 aliphatic rings. The van der Waals surface area contributed by atoms with Crippen molar-refractivity contribution in [1.82, 2.24) is 14.8 Å². The Bertz CT molecular complexity index is 1160. The van der Waals surface area contributed by atoms with Crippen LogP contribution >= 0.6 is 11.6 Å². The maximum absolute atomic E-state index is 14.2. The number of aromatic nitrogens is 1. The van der Waals surface area contributed by atoms with Gasteiger partial charge < -0.3 is 9.80 Å². The van der Waals surface area contributed by atoms with E-state index in [9.17, 15) is 14.0 Å². The van der Waals surface area contributed by atoms with Gasteiger partial charge in [-0.3, -0.25) is 14.6 Å². The molecule has 5 nitrogen and oxygen atoms in total. The predicted molar refractivity (Wildman–Crippen MR) is 131 cm³/mol. The minimum absolute atomic E-state index is 0.147. The molecule has 0 spiro atoms. The first-order valence-electron chi connectivity index (χ1n) is 11.0. The van der Waals surface area contributed by atoms with Crippen LogP contribution in [0.4, 0.5) is 4.39 Å². The zero-order chi connectivity index (χ0) is 24.1. The highest BCUT2D eigenvalue weighted by atomic mass is 35.5. The molecule has 1 amide bonds. The first-order chi connectivity index (χ1) is 15.7. The first-order valence-corrected chi connectivity index (χ1v) is 11.4. The van der Waals surface area contributed by atoms with Crippen molar-refractivity contribution in [2.75, 3.05) is 33.2 Å². The summed E-state index contributed by atoms with van der Waals surface area (Å²) in [4.78, 5) is 30.8. The Hall–Kier alpha value is -2.83. The molecule has 1 fully saturated rings. The van der Waals surface area contributed by atoms with E-state index in [0.717, 1.165) is 42.6 Å². The number of aldehydes is 1. The average molecular weight is 470 g/mol. The van der Waals surface area contributed by atoms with Gasteiger partial charge in [-0.05, 0) is 55.4 Å². The minimum atomic E-state index is -0.429. The van der Waals surface area contributed by atoms with Gasteiger partial charge in [0.15, 0.2) is 0 Å². The fourth-order valence-electron chi connectivity index (χ4n) is 3.72. The van der Waals surface area contributed by atoms with Gasteiger partial charge in [-0.1, -0.05) is 31.5 Å². The number of rotatable bonds is 3. The number of aryl methyl sites for hydroxylation is 1.